The molecule has 1 amide bonds. The van der Waals surface area contributed by atoms with Gasteiger partial charge in [-0.15, -0.1) is 0 Å². The first-order chi connectivity index (χ1) is 16.0. The largest absolute Gasteiger partial charge is 0.467 e. The number of carbonyl (C=O) groups excluding carboxylic acids is 1. The highest BCUT2D eigenvalue weighted by Gasteiger charge is 2.33. The normalized spacial score (nSPS) is 15.2. The van der Waals surface area contributed by atoms with Gasteiger partial charge in [0.05, 0.1) is 23.3 Å². The molecule has 0 atom stereocenters. The molecule has 172 valence electrons. The maximum Gasteiger partial charge on any atom is 0.267 e. The molecule has 0 aliphatic carbocycles. The minimum atomic E-state index is -0.266. The minimum absolute atomic E-state index is 0.242. The van der Waals surface area contributed by atoms with Gasteiger partial charge in [0.25, 0.3) is 11.5 Å². The van der Waals surface area contributed by atoms with Crippen molar-refractivity contribution in [3.8, 4) is 0 Å². The van der Waals surface area contributed by atoms with Crippen LogP contribution in [-0.4, -0.2) is 44.3 Å². The number of thiocarbonyl (C=S) groups is 1. The topological polar surface area (TPSA) is 89.1 Å². The molecule has 0 aromatic carbocycles. The Kier molecular flexibility index (Phi) is 7.26. The van der Waals surface area contributed by atoms with E-state index in [4.69, 9.17) is 21.4 Å². The average Bonchev–Trinajstić information content (AvgIpc) is 3.40. The number of anilines is 1. The molecule has 0 bridgehead atoms. The number of rotatable bonds is 9. The van der Waals surface area contributed by atoms with Gasteiger partial charge in [-0.25, -0.2) is 4.98 Å². The smallest absolute Gasteiger partial charge is 0.267 e. The number of carbonyl (C=O) groups is 1. The van der Waals surface area contributed by atoms with Gasteiger partial charge in [-0.3, -0.25) is 18.9 Å². The van der Waals surface area contributed by atoms with Gasteiger partial charge in [-0.2, -0.15) is 0 Å². The molecule has 1 fully saturated rings. The van der Waals surface area contributed by atoms with Crippen LogP contribution in [0, 0.1) is 6.92 Å². The number of aryl methyl sites for hydroxylation is 1. The summed E-state index contributed by atoms with van der Waals surface area (Å²) in [5.41, 5.74) is 1.51. The lowest BCUT2D eigenvalue weighted by Crippen LogP contribution is -2.27. The quantitative estimate of drug-likeness (QED) is 0.278. The molecule has 0 spiro atoms. The highest BCUT2D eigenvalue weighted by atomic mass is 32.2. The molecule has 0 saturated carbocycles. The van der Waals surface area contributed by atoms with E-state index in [2.05, 4.69) is 10.3 Å². The molecule has 0 unspecified atom stereocenters. The number of hydrogen-bond acceptors (Lipinski definition) is 8. The van der Waals surface area contributed by atoms with Crippen molar-refractivity contribution >= 4 is 51.7 Å². The van der Waals surface area contributed by atoms with E-state index < -0.39 is 0 Å². The molecule has 4 rings (SSSR count). The van der Waals surface area contributed by atoms with E-state index in [0.717, 1.165) is 23.7 Å². The van der Waals surface area contributed by atoms with Gasteiger partial charge in [0.2, 0.25) is 0 Å². The van der Waals surface area contributed by atoms with E-state index in [-0.39, 0.29) is 18.0 Å². The second-order valence-electron chi connectivity index (χ2n) is 7.44. The molecule has 8 nitrogen and oxygen atoms in total. The van der Waals surface area contributed by atoms with Crippen molar-refractivity contribution in [3.05, 3.63) is 68.9 Å². The van der Waals surface area contributed by atoms with Crippen LogP contribution in [-0.2, 0) is 16.1 Å². The van der Waals surface area contributed by atoms with Gasteiger partial charge in [0, 0.05) is 26.0 Å². The number of ether oxygens (including phenoxy) is 1. The van der Waals surface area contributed by atoms with Crippen LogP contribution in [0.3, 0.4) is 0 Å². The van der Waals surface area contributed by atoms with Crippen molar-refractivity contribution in [1.29, 1.82) is 0 Å². The maximum atomic E-state index is 13.4. The minimum Gasteiger partial charge on any atom is -0.467 e. The summed E-state index contributed by atoms with van der Waals surface area (Å²) in [5.74, 6) is 0.793. The zero-order chi connectivity index (χ0) is 23.4. The number of thioether (sulfide) groups is 1. The first-order valence-electron chi connectivity index (χ1n) is 10.6. The fourth-order valence-corrected chi connectivity index (χ4v) is 4.61. The molecule has 1 aliphatic heterocycles. The Morgan fingerprint density at radius 3 is 2.91 bits per heavy atom. The lowest BCUT2D eigenvalue weighted by Gasteiger charge is -2.12. The van der Waals surface area contributed by atoms with E-state index in [0.29, 0.717) is 51.8 Å². The molecule has 4 heterocycles. The molecular formula is C23H24N4O4S2. The Labute approximate surface area is 200 Å². The number of nitrogens with one attached hydrogen (secondary N) is 1. The molecule has 0 radical (unpaired) electrons. The van der Waals surface area contributed by atoms with Gasteiger partial charge >= 0.3 is 0 Å². The summed E-state index contributed by atoms with van der Waals surface area (Å²) in [6, 6.07) is 7.25. The van der Waals surface area contributed by atoms with Crippen LogP contribution in [0.1, 0.15) is 30.2 Å². The van der Waals surface area contributed by atoms with E-state index in [1.165, 1.54) is 9.30 Å². The standard InChI is InChI=1S/C23H24N4O4S2/c1-3-30-10-5-9-24-20-17(21(28)26-13-15(2)7-8-19(26)25-20)12-18-22(29)27(23(32)33-18)14-16-6-4-11-31-16/h4,6-8,11-13,24H,3,5,9-10,14H2,1-2H3. The van der Waals surface area contributed by atoms with Crippen molar-refractivity contribution in [2.75, 3.05) is 25.1 Å². The van der Waals surface area contributed by atoms with E-state index >= 15 is 0 Å². The first-order valence-corrected chi connectivity index (χ1v) is 11.8. The third-order valence-corrected chi connectivity index (χ3v) is 6.39. The van der Waals surface area contributed by atoms with Gasteiger partial charge in [-0.05, 0) is 50.1 Å². The first kappa shape index (κ1) is 23.2. The van der Waals surface area contributed by atoms with Crippen molar-refractivity contribution in [3.63, 3.8) is 0 Å². The van der Waals surface area contributed by atoms with E-state index in [1.54, 1.807) is 36.7 Å². The fourth-order valence-electron chi connectivity index (χ4n) is 3.37. The number of fused-ring (bicyclic) bond motifs is 1. The number of amides is 1. The summed E-state index contributed by atoms with van der Waals surface area (Å²) in [5, 5.41) is 3.24. The number of aromatic nitrogens is 2. The SMILES string of the molecule is CCOCCCNc1nc2ccc(C)cn2c(=O)c1C=C1SC(=S)N(Cc2ccco2)C1=O. The van der Waals surface area contributed by atoms with Crippen LogP contribution in [0.25, 0.3) is 11.7 Å². The summed E-state index contributed by atoms with van der Waals surface area (Å²) >= 11 is 6.57. The third-order valence-electron chi connectivity index (χ3n) is 5.01. The molecule has 1 N–H and O–H groups in total. The predicted octanol–water partition coefficient (Wildman–Crippen LogP) is 3.84. The van der Waals surface area contributed by atoms with Gasteiger partial charge in [0.1, 0.15) is 21.5 Å². The van der Waals surface area contributed by atoms with Crippen molar-refractivity contribution < 1.29 is 13.9 Å². The van der Waals surface area contributed by atoms with Crippen LogP contribution < -0.4 is 10.9 Å². The Morgan fingerprint density at radius 1 is 1.30 bits per heavy atom. The average molecular weight is 485 g/mol. The van der Waals surface area contributed by atoms with Crippen molar-refractivity contribution in [2.45, 2.75) is 26.8 Å². The third kappa shape index (κ3) is 5.18. The molecule has 1 saturated heterocycles. The van der Waals surface area contributed by atoms with Crippen LogP contribution >= 0.6 is 24.0 Å². The molecule has 3 aromatic heterocycles. The second-order valence-corrected chi connectivity index (χ2v) is 9.11. The Morgan fingerprint density at radius 2 is 2.15 bits per heavy atom. The summed E-state index contributed by atoms with van der Waals surface area (Å²) in [6.07, 6.45) is 5.63. The van der Waals surface area contributed by atoms with Gasteiger partial charge in [0.15, 0.2) is 0 Å². The molecular weight excluding hydrogens is 460 g/mol. The van der Waals surface area contributed by atoms with E-state index in [9.17, 15) is 9.59 Å². The Bertz CT molecular complexity index is 1270. The summed E-state index contributed by atoms with van der Waals surface area (Å²) in [4.78, 5) is 32.9. The highest BCUT2D eigenvalue weighted by Crippen LogP contribution is 2.34. The van der Waals surface area contributed by atoms with Crippen LogP contribution in [0.4, 0.5) is 5.82 Å². The fraction of sp³-hybridized carbons (Fsp3) is 0.304. The summed E-state index contributed by atoms with van der Waals surface area (Å²) < 4.78 is 12.6. The van der Waals surface area contributed by atoms with Crippen LogP contribution in [0.2, 0.25) is 0 Å². The number of hydrogen-bond donors (Lipinski definition) is 1. The van der Waals surface area contributed by atoms with Crippen LogP contribution in [0.5, 0.6) is 0 Å². The maximum absolute atomic E-state index is 13.4. The number of nitrogens with zero attached hydrogens (tertiary/aromatic N) is 3. The van der Waals surface area contributed by atoms with Gasteiger partial charge < -0.3 is 14.5 Å². The second kappa shape index (κ2) is 10.3. The van der Waals surface area contributed by atoms with Crippen LogP contribution in [0.15, 0.2) is 50.8 Å². The van der Waals surface area contributed by atoms with Crippen molar-refractivity contribution in [1.82, 2.24) is 14.3 Å². The number of furan rings is 1. The Balaban J connectivity index is 1.68. The summed E-state index contributed by atoms with van der Waals surface area (Å²) in [6.45, 7) is 5.93. The lowest BCUT2D eigenvalue weighted by atomic mass is 10.2. The molecule has 3 aromatic rings. The monoisotopic (exact) mass is 484 g/mol. The number of pyridine rings is 1. The van der Waals surface area contributed by atoms with E-state index in [1.807, 2.05) is 19.9 Å². The molecule has 33 heavy (non-hydrogen) atoms. The predicted molar refractivity (Wildman–Crippen MR) is 133 cm³/mol. The summed E-state index contributed by atoms with van der Waals surface area (Å²) in [7, 11) is 0. The molecule has 10 heteroatoms. The zero-order valence-electron chi connectivity index (χ0n) is 18.4. The molecule has 1 aliphatic rings. The highest BCUT2D eigenvalue weighted by molar-refractivity contribution is 8.26. The lowest BCUT2D eigenvalue weighted by molar-refractivity contribution is -0.122. The Hall–Kier alpha value is -2.95. The van der Waals surface area contributed by atoms with Crippen molar-refractivity contribution in [2.24, 2.45) is 0 Å². The van der Waals surface area contributed by atoms with Gasteiger partial charge in [-0.1, -0.05) is 30.0 Å². The zero-order valence-corrected chi connectivity index (χ0v) is 20.0.